The maximum Gasteiger partial charge on any atom is 0.472 e. The minimum Gasteiger partial charge on any atom is -0.462 e. The van der Waals surface area contributed by atoms with Gasteiger partial charge in [-0.05, 0) is 43.4 Å². The van der Waals surface area contributed by atoms with Crippen molar-refractivity contribution in [2.45, 2.75) is 394 Å². The molecule has 3 unspecified atom stereocenters. The molecular formula is C74H144O17P2. The second-order valence-electron chi connectivity index (χ2n) is 27.9. The summed E-state index contributed by atoms with van der Waals surface area (Å²) in [6.45, 7) is 11.8. The fourth-order valence-corrected chi connectivity index (χ4v) is 12.8. The van der Waals surface area contributed by atoms with Crippen LogP contribution in [0.3, 0.4) is 0 Å². The number of aliphatic hydroxyl groups is 1. The van der Waals surface area contributed by atoms with Crippen LogP contribution in [-0.4, -0.2) is 96.7 Å². The zero-order valence-corrected chi connectivity index (χ0v) is 62.5. The molecule has 17 nitrogen and oxygen atoms in total. The smallest absolute Gasteiger partial charge is 0.462 e. The second kappa shape index (κ2) is 64.7. The molecule has 0 rings (SSSR count). The molecule has 0 aliphatic carbocycles. The number of hydrogen-bond acceptors (Lipinski definition) is 15. The van der Waals surface area contributed by atoms with Crippen molar-refractivity contribution in [3.8, 4) is 0 Å². The van der Waals surface area contributed by atoms with Gasteiger partial charge in [0.2, 0.25) is 0 Å². The van der Waals surface area contributed by atoms with Crippen LogP contribution in [0.1, 0.15) is 376 Å². The molecule has 93 heavy (non-hydrogen) atoms. The van der Waals surface area contributed by atoms with E-state index in [2.05, 4.69) is 48.5 Å². The van der Waals surface area contributed by atoms with Crippen LogP contribution in [0.15, 0.2) is 0 Å². The van der Waals surface area contributed by atoms with E-state index in [1.807, 2.05) is 0 Å². The summed E-state index contributed by atoms with van der Waals surface area (Å²) in [5, 5.41) is 10.6. The topological polar surface area (TPSA) is 237 Å². The fourth-order valence-electron chi connectivity index (χ4n) is 11.2. The third kappa shape index (κ3) is 67.0. The number of carbonyl (C=O) groups excluding carboxylic acids is 4. The maximum atomic E-state index is 13.1. The van der Waals surface area contributed by atoms with Crippen LogP contribution in [-0.2, 0) is 65.4 Å². The number of aliphatic hydroxyl groups excluding tert-OH is 1. The molecular weight excluding hydrogens is 1220 g/mol. The average Bonchev–Trinajstić information content (AvgIpc) is 2.29. The monoisotopic (exact) mass is 1370 g/mol. The molecule has 0 bridgehead atoms. The highest BCUT2D eigenvalue weighted by Gasteiger charge is 2.30. The van der Waals surface area contributed by atoms with Gasteiger partial charge in [0.25, 0.3) is 0 Å². The van der Waals surface area contributed by atoms with E-state index >= 15 is 0 Å². The molecule has 552 valence electrons. The largest absolute Gasteiger partial charge is 0.472 e. The van der Waals surface area contributed by atoms with Crippen molar-refractivity contribution in [1.82, 2.24) is 0 Å². The SMILES string of the molecule is CCCCCCCCCCCCCCCC(=O)OC[C@H](COP(=O)(O)OC[C@@H](O)COP(=O)(O)OC[C@@H](COC(=O)CCCCCCCCC(C)CC)OC(=O)CCCCCCCCCCC(C)C)OC(=O)CCCCCCCCCCCCCCCCCCC(C)C. The summed E-state index contributed by atoms with van der Waals surface area (Å²) in [4.78, 5) is 72.7. The van der Waals surface area contributed by atoms with Crippen LogP contribution in [0.25, 0.3) is 0 Å². The molecule has 0 saturated heterocycles. The van der Waals surface area contributed by atoms with Crippen LogP contribution >= 0.6 is 15.6 Å². The molecule has 0 aromatic carbocycles. The number of phosphoric acid groups is 2. The Hall–Kier alpha value is -1.94. The first-order chi connectivity index (χ1) is 44.8. The van der Waals surface area contributed by atoms with Crippen molar-refractivity contribution in [3.63, 3.8) is 0 Å². The van der Waals surface area contributed by atoms with E-state index < -0.39 is 97.5 Å². The van der Waals surface area contributed by atoms with Gasteiger partial charge in [-0.2, -0.15) is 0 Å². The first-order valence-electron chi connectivity index (χ1n) is 38.4. The number of rotatable bonds is 72. The molecule has 0 fully saturated rings. The third-order valence-electron chi connectivity index (χ3n) is 17.5. The third-order valence-corrected chi connectivity index (χ3v) is 19.4. The van der Waals surface area contributed by atoms with Crippen molar-refractivity contribution >= 4 is 39.5 Å². The van der Waals surface area contributed by atoms with Crippen molar-refractivity contribution in [2.75, 3.05) is 39.6 Å². The Morgan fingerprint density at radius 3 is 0.817 bits per heavy atom. The van der Waals surface area contributed by atoms with Gasteiger partial charge in [0.1, 0.15) is 19.3 Å². The summed E-state index contributed by atoms with van der Waals surface area (Å²) >= 11 is 0. The van der Waals surface area contributed by atoms with Crippen LogP contribution in [0.2, 0.25) is 0 Å². The van der Waals surface area contributed by atoms with Crippen LogP contribution in [0, 0.1) is 17.8 Å². The van der Waals surface area contributed by atoms with Gasteiger partial charge in [-0.1, -0.05) is 325 Å². The zero-order chi connectivity index (χ0) is 68.7. The summed E-state index contributed by atoms with van der Waals surface area (Å²) in [5.41, 5.74) is 0. The number of esters is 4. The molecule has 0 saturated carbocycles. The Balaban J connectivity index is 5.23. The Bertz CT molecular complexity index is 1820. The Morgan fingerprint density at radius 2 is 0.548 bits per heavy atom. The van der Waals surface area contributed by atoms with E-state index in [0.29, 0.717) is 25.7 Å². The fraction of sp³-hybridized carbons (Fsp3) is 0.946. The van der Waals surface area contributed by atoms with E-state index in [9.17, 15) is 43.2 Å². The van der Waals surface area contributed by atoms with Gasteiger partial charge in [0, 0.05) is 25.7 Å². The minimum atomic E-state index is -4.96. The van der Waals surface area contributed by atoms with E-state index in [0.717, 1.165) is 114 Å². The molecule has 0 spiro atoms. The van der Waals surface area contributed by atoms with E-state index in [1.165, 1.54) is 180 Å². The lowest BCUT2D eigenvalue weighted by molar-refractivity contribution is -0.161. The second-order valence-corrected chi connectivity index (χ2v) is 30.8. The summed E-state index contributed by atoms with van der Waals surface area (Å²) in [6.07, 6.45) is 50.0. The maximum absolute atomic E-state index is 13.1. The van der Waals surface area contributed by atoms with Crippen molar-refractivity contribution in [3.05, 3.63) is 0 Å². The summed E-state index contributed by atoms with van der Waals surface area (Å²) < 4.78 is 68.4. The predicted octanol–water partition coefficient (Wildman–Crippen LogP) is 21.4. The highest BCUT2D eigenvalue weighted by Crippen LogP contribution is 2.45. The van der Waals surface area contributed by atoms with Crippen molar-refractivity contribution in [2.24, 2.45) is 17.8 Å². The molecule has 6 atom stereocenters. The highest BCUT2D eigenvalue weighted by molar-refractivity contribution is 7.47. The summed E-state index contributed by atoms with van der Waals surface area (Å²) in [5.74, 6) is 0.136. The van der Waals surface area contributed by atoms with E-state index in [-0.39, 0.29) is 25.7 Å². The molecule has 0 radical (unpaired) electrons. The van der Waals surface area contributed by atoms with Crippen LogP contribution in [0.5, 0.6) is 0 Å². The van der Waals surface area contributed by atoms with Crippen LogP contribution < -0.4 is 0 Å². The normalized spacial score (nSPS) is 14.4. The van der Waals surface area contributed by atoms with Gasteiger partial charge in [0.15, 0.2) is 12.2 Å². The van der Waals surface area contributed by atoms with Gasteiger partial charge < -0.3 is 33.8 Å². The first-order valence-corrected chi connectivity index (χ1v) is 41.4. The predicted molar refractivity (Wildman–Crippen MR) is 377 cm³/mol. The van der Waals surface area contributed by atoms with Gasteiger partial charge in [-0.25, -0.2) is 9.13 Å². The minimum absolute atomic E-state index is 0.104. The van der Waals surface area contributed by atoms with Gasteiger partial charge in [-0.15, -0.1) is 0 Å². The van der Waals surface area contributed by atoms with Gasteiger partial charge >= 0.3 is 39.5 Å². The molecule has 0 aliphatic heterocycles. The Morgan fingerprint density at radius 1 is 0.312 bits per heavy atom. The molecule has 0 heterocycles. The molecule has 19 heteroatoms. The summed E-state index contributed by atoms with van der Waals surface area (Å²) in [7, 11) is -9.91. The molecule has 0 aromatic heterocycles. The summed E-state index contributed by atoms with van der Waals surface area (Å²) in [6, 6.07) is 0. The standard InChI is InChI=1S/C74H144O17P2/c1-8-10-11-12-13-14-15-20-24-27-33-41-48-55-71(76)84-61-69(90-73(78)57-50-43-34-28-25-22-19-17-16-18-21-23-26-31-38-45-52-65(3)4)63-88-92(80,81)86-59-68(75)60-87-93(82,83)89-64-70(62-85-72(77)56-49-42-37-36-40-47-54-67(7)9-2)91-74(79)58-51-44-35-30-29-32-39-46-53-66(5)6/h65-70,75H,8-64H2,1-7H3,(H,80,81)(H,82,83)/t67?,68-,69-,70-/m1/s1. The number of ether oxygens (including phenoxy) is 4. The molecule has 0 aliphatic rings. The highest BCUT2D eigenvalue weighted by atomic mass is 31.2. The lowest BCUT2D eigenvalue weighted by Crippen LogP contribution is -2.30. The van der Waals surface area contributed by atoms with E-state index in [1.54, 1.807) is 0 Å². The lowest BCUT2D eigenvalue weighted by atomic mass is 10.00. The Kier molecular flexibility index (Phi) is 63.4. The number of unbranched alkanes of at least 4 members (excludes halogenated alkanes) is 39. The number of carbonyl (C=O) groups is 4. The molecule has 3 N–H and O–H groups in total. The Labute approximate surface area is 568 Å². The first kappa shape index (κ1) is 91.1. The number of hydrogen-bond donors (Lipinski definition) is 3. The molecule has 0 amide bonds. The van der Waals surface area contributed by atoms with Gasteiger partial charge in [-0.3, -0.25) is 37.3 Å². The zero-order valence-electron chi connectivity index (χ0n) is 60.7. The lowest BCUT2D eigenvalue weighted by Gasteiger charge is -2.21. The molecule has 0 aromatic rings. The van der Waals surface area contributed by atoms with E-state index in [4.69, 9.17) is 37.0 Å². The average molecular weight is 1370 g/mol. The number of phosphoric ester groups is 2. The van der Waals surface area contributed by atoms with Gasteiger partial charge in [0.05, 0.1) is 26.4 Å². The van der Waals surface area contributed by atoms with Crippen molar-refractivity contribution in [1.29, 1.82) is 0 Å². The quantitative estimate of drug-likeness (QED) is 0.0222. The van der Waals surface area contributed by atoms with Crippen LogP contribution in [0.4, 0.5) is 0 Å². The van der Waals surface area contributed by atoms with Crippen molar-refractivity contribution < 1.29 is 80.2 Å².